The van der Waals surface area contributed by atoms with Gasteiger partial charge in [-0.05, 0) is 56.4 Å². The van der Waals surface area contributed by atoms with Crippen molar-refractivity contribution in [2.75, 3.05) is 13.2 Å². The van der Waals surface area contributed by atoms with Gasteiger partial charge in [0.05, 0.1) is 5.41 Å². The Morgan fingerprint density at radius 1 is 1.00 bits per heavy atom. The van der Waals surface area contributed by atoms with Crippen LogP contribution in [0.25, 0.3) is 0 Å². The molecule has 2 amide bonds. The molecule has 0 spiro atoms. The standard InChI is InChI=1S/C23H28N2O4/c1-16-8-7-11-20(17(16)2)29-18(3)21(26)24-25-22(27)23(12-14-28-15-13-23)19-9-5-4-6-10-19/h4-11,18H,12-15H2,1-3H3,(H,24,26)(H,25,27). The topological polar surface area (TPSA) is 76.7 Å². The van der Waals surface area contributed by atoms with E-state index in [-0.39, 0.29) is 5.91 Å². The number of nitrogens with one attached hydrogen (secondary N) is 2. The van der Waals surface area contributed by atoms with E-state index in [4.69, 9.17) is 9.47 Å². The molecule has 29 heavy (non-hydrogen) atoms. The average Bonchev–Trinajstić information content (AvgIpc) is 2.76. The van der Waals surface area contributed by atoms with Crippen LogP contribution in [0.1, 0.15) is 36.5 Å². The van der Waals surface area contributed by atoms with Gasteiger partial charge >= 0.3 is 0 Å². The summed E-state index contributed by atoms with van der Waals surface area (Å²) in [6.07, 6.45) is 0.374. The maximum atomic E-state index is 13.1. The van der Waals surface area contributed by atoms with Crippen LogP contribution in [0.15, 0.2) is 48.5 Å². The number of benzene rings is 2. The molecular formula is C23H28N2O4. The van der Waals surface area contributed by atoms with E-state index in [0.29, 0.717) is 31.8 Å². The fourth-order valence-electron chi connectivity index (χ4n) is 3.56. The van der Waals surface area contributed by atoms with Crippen LogP contribution in [-0.4, -0.2) is 31.1 Å². The predicted molar refractivity (Wildman–Crippen MR) is 110 cm³/mol. The molecule has 1 heterocycles. The lowest BCUT2D eigenvalue weighted by atomic mass is 9.73. The number of aryl methyl sites for hydroxylation is 1. The van der Waals surface area contributed by atoms with Gasteiger partial charge in [0.2, 0.25) is 5.91 Å². The summed E-state index contributed by atoms with van der Waals surface area (Å²) in [5, 5.41) is 0. The highest BCUT2D eigenvalue weighted by atomic mass is 16.5. The van der Waals surface area contributed by atoms with Crippen LogP contribution in [0.3, 0.4) is 0 Å². The zero-order valence-electron chi connectivity index (χ0n) is 17.2. The fraction of sp³-hybridized carbons (Fsp3) is 0.391. The van der Waals surface area contributed by atoms with E-state index in [0.717, 1.165) is 16.7 Å². The van der Waals surface area contributed by atoms with Crippen molar-refractivity contribution in [3.05, 3.63) is 65.2 Å². The molecule has 0 aromatic heterocycles. The number of hydrogen-bond acceptors (Lipinski definition) is 4. The van der Waals surface area contributed by atoms with E-state index in [2.05, 4.69) is 10.9 Å². The third-order valence-corrected chi connectivity index (χ3v) is 5.63. The number of rotatable bonds is 5. The number of hydrogen-bond donors (Lipinski definition) is 2. The van der Waals surface area contributed by atoms with Gasteiger partial charge in [0.15, 0.2) is 6.10 Å². The Hall–Kier alpha value is -2.86. The molecule has 1 saturated heterocycles. The minimum atomic E-state index is -0.752. The van der Waals surface area contributed by atoms with Crippen LogP contribution in [0.2, 0.25) is 0 Å². The van der Waals surface area contributed by atoms with Crippen molar-refractivity contribution in [3.8, 4) is 5.75 Å². The van der Waals surface area contributed by atoms with Crippen molar-refractivity contribution in [1.29, 1.82) is 0 Å². The highest BCUT2D eigenvalue weighted by Crippen LogP contribution is 2.35. The molecule has 6 nitrogen and oxygen atoms in total. The van der Waals surface area contributed by atoms with Gasteiger partial charge in [-0.2, -0.15) is 0 Å². The molecule has 1 unspecified atom stereocenters. The minimum absolute atomic E-state index is 0.237. The fourth-order valence-corrected chi connectivity index (χ4v) is 3.56. The molecule has 2 aromatic rings. The lowest BCUT2D eigenvalue weighted by Crippen LogP contribution is -2.55. The normalized spacial score (nSPS) is 16.5. The number of carbonyl (C=O) groups is 2. The van der Waals surface area contributed by atoms with E-state index in [1.54, 1.807) is 6.92 Å². The molecule has 1 atom stereocenters. The average molecular weight is 396 g/mol. The van der Waals surface area contributed by atoms with Crippen LogP contribution in [0, 0.1) is 13.8 Å². The minimum Gasteiger partial charge on any atom is -0.481 e. The van der Waals surface area contributed by atoms with Gasteiger partial charge in [-0.3, -0.25) is 20.4 Å². The molecule has 3 rings (SSSR count). The van der Waals surface area contributed by atoms with Crippen molar-refractivity contribution >= 4 is 11.8 Å². The molecule has 2 N–H and O–H groups in total. The van der Waals surface area contributed by atoms with E-state index in [1.165, 1.54) is 0 Å². The molecule has 0 aliphatic carbocycles. The Morgan fingerprint density at radius 3 is 2.38 bits per heavy atom. The zero-order valence-corrected chi connectivity index (χ0v) is 17.2. The number of ether oxygens (including phenoxy) is 2. The highest BCUT2D eigenvalue weighted by Gasteiger charge is 2.42. The molecule has 154 valence electrons. The zero-order chi connectivity index (χ0) is 20.9. The van der Waals surface area contributed by atoms with Gasteiger partial charge in [-0.15, -0.1) is 0 Å². The van der Waals surface area contributed by atoms with Crippen molar-refractivity contribution in [2.45, 2.75) is 45.1 Å². The maximum Gasteiger partial charge on any atom is 0.279 e. The van der Waals surface area contributed by atoms with E-state index in [9.17, 15) is 9.59 Å². The van der Waals surface area contributed by atoms with Crippen LogP contribution < -0.4 is 15.6 Å². The second kappa shape index (κ2) is 9.09. The Labute approximate surface area is 171 Å². The molecular weight excluding hydrogens is 368 g/mol. The summed E-state index contributed by atoms with van der Waals surface area (Å²) in [5.41, 5.74) is 7.42. The van der Waals surface area contributed by atoms with Crippen molar-refractivity contribution in [1.82, 2.24) is 10.9 Å². The predicted octanol–water partition coefficient (Wildman–Crippen LogP) is 2.97. The first-order valence-electron chi connectivity index (χ1n) is 9.90. The van der Waals surface area contributed by atoms with Gasteiger partial charge in [-0.25, -0.2) is 0 Å². The summed E-state index contributed by atoms with van der Waals surface area (Å²) in [6.45, 7) is 6.60. The third-order valence-electron chi connectivity index (χ3n) is 5.63. The summed E-state index contributed by atoms with van der Waals surface area (Å²) in [7, 11) is 0. The second-order valence-corrected chi connectivity index (χ2v) is 7.46. The maximum absolute atomic E-state index is 13.1. The monoisotopic (exact) mass is 396 g/mol. The Kier molecular flexibility index (Phi) is 6.54. The number of carbonyl (C=O) groups excluding carboxylic acids is 2. The van der Waals surface area contributed by atoms with Gasteiger partial charge in [0, 0.05) is 13.2 Å². The molecule has 0 bridgehead atoms. The summed E-state index contributed by atoms with van der Waals surface area (Å²) in [5.74, 6) is 0.0120. The first kappa shape index (κ1) is 20.9. The largest absolute Gasteiger partial charge is 0.481 e. The Balaban J connectivity index is 1.65. The molecule has 2 aromatic carbocycles. The quantitative estimate of drug-likeness (QED) is 0.762. The van der Waals surface area contributed by atoms with E-state index < -0.39 is 17.4 Å². The summed E-state index contributed by atoms with van der Waals surface area (Å²) in [6, 6.07) is 15.3. The summed E-state index contributed by atoms with van der Waals surface area (Å²) < 4.78 is 11.3. The molecule has 1 fully saturated rings. The summed E-state index contributed by atoms with van der Waals surface area (Å²) >= 11 is 0. The van der Waals surface area contributed by atoms with Gasteiger partial charge in [0.1, 0.15) is 5.75 Å². The Bertz CT molecular complexity index is 860. The first-order valence-corrected chi connectivity index (χ1v) is 9.90. The first-order chi connectivity index (χ1) is 13.9. The molecule has 1 aliphatic rings. The van der Waals surface area contributed by atoms with E-state index in [1.807, 2.05) is 62.4 Å². The lowest BCUT2D eigenvalue weighted by Gasteiger charge is -2.36. The van der Waals surface area contributed by atoms with Crippen LogP contribution in [0.4, 0.5) is 0 Å². The summed E-state index contributed by atoms with van der Waals surface area (Å²) in [4.78, 5) is 25.6. The van der Waals surface area contributed by atoms with Gasteiger partial charge < -0.3 is 9.47 Å². The highest BCUT2D eigenvalue weighted by molar-refractivity contribution is 5.91. The van der Waals surface area contributed by atoms with Crippen molar-refractivity contribution in [2.24, 2.45) is 0 Å². The smallest absolute Gasteiger partial charge is 0.279 e. The van der Waals surface area contributed by atoms with Crippen molar-refractivity contribution in [3.63, 3.8) is 0 Å². The van der Waals surface area contributed by atoms with E-state index >= 15 is 0 Å². The third kappa shape index (κ3) is 4.59. The number of hydrazine groups is 1. The molecule has 6 heteroatoms. The van der Waals surface area contributed by atoms with Gasteiger partial charge in [0.25, 0.3) is 5.91 Å². The van der Waals surface area contributed by atoms with Gasteiger partial charge in [-0.1, -0.05) is 42.5 Å². The lowest BCUT2D eigenvalue weighted by molar-refractivity contribution is -0.137. The Morgan fingerprint density at radius 2 is 1.69 bits per heavy atom. The molecule has 0 saturated carbocycles. The van der Waals surface area contributed by atoms with Crippen LogP contribution in [-0.2, 0) is 19.7 Å². The van der Waals surface area contributed by atoms with Crippen molar-refractivity contribution < 1.29 is 19.1 Å². The number of amides is 2. The van der Waals surface area contributed by atoms with Crippen LogP contribution in [0.5, 0.6) is 5.75 Å². The molecule has 0 radical (unpaired) electrons. The second-order valence-electron chi connectivity index (χ2n) is 7.46. The molecule has 1 aliphatic heterocycles. The van der Waals surface area contributed by atoms with Crippen LogP contribution >= 0.6 is 0 Å². The SMILES string of the molecule is Cc1cccc(OC(C)C(=O)NNC(=O)C2(c3ccccc3)CCOCC2)c1C.